The van der Waals surface area contributed by atoms with Gasteiger partial charge in [0.25, 0.3) is 0 Å². The molecule has 0 radical (unpaired) electrons. The van der Waals surface area contributed by atoms with Crippen molar-refractivity contribution in [3.8, 4) is 0 Å². The first-order valence-electron chi connectivity index (χ1n) is 6.15. The lowest BCUT2D eigenvalue weighted by atomic mass is 10.2. The number of aryl methyl sites for hydroxylation is 1. The van der Waals surface area contributed by atoms with E-state index >= 15 is 0 Å². The van der Waals surface area contributed by atoms with Crippen LogP contribution in [0.1, 0.15) is 19.0 Å². The molecule has 1 aliphatic rings. The Labute approximate surface area is 116 Å². The Morgan fingerprint density at radius 1 is 1.53 bits per heavy atom. The number of rotatable bonds is 4. The van der Waals surface area contributed by atoms with Crippen molar-refractivity contribution < 1.29 is 14.7 Å². The van der Waals surface area contributed by atoms with E-state index in [9.17, 15) is 9.59 Å². The highest BCUT2D eigenvalue weighted by Gasteiger charge is 2.38. The second kappa shape index (κ2) is 6.06. The van der Waals surface area contributed by atoms with Gasteiger partial charge < -0.3 is 10.0 Å². The molecule has 0 saturated carbocycles. The highest BCUT2D eigenvalue weighted by atomic mass is 32.2. The van der Waals surface area contributed by atoms with Crippen molar-refractivity contribution in [3.63, 3.8) is 0 Å². The Morgan fingerprint density at radius 3 is 2.95 bits per heavy atom. The standard InChI is InChI=1S/C13H16N2O3S/c1-9-15(11(8-19-9)13(17)18)12(16)6-5-10-4-2-3-7-14-10/h2-4,7,9,11H,5-6,8H2,1H3,(H,17,18). The van der Waals surface area contributed by atoms with Gasteiger partial charge in [-0.2, -0.15) is 0 Å². The molecule has 1 aliphatic heterocycles. The van der Waals surface area contributed by atoms with Gasteiger partial charge >= 0.3 is 5.97 Å². The summed E-state index contributed by atoms with van der Waals surface area (Å²) < 4.78 is 0. The number of amides is 1. The normalized spacial score (nSPS) is 22.5. The van der Waals surface area contributed by atoms with Gasteiger partial charge in [0.1, 0.15) is 6.04 Å². The Hall–Kier alpha value is -1.56. The summed E-state index contributed by atoms with van der Waals surface area (Å²) in [4.78, 5) is 28.9. The monoisotopic (exact) mass is 280 g/mol. The number of hydrogen-bond donors (Lipinski definition) is 1. The molecule has 5 nitrogen and oxygen atoms in total. The van der Waals surface area contributed by atoms with Gasteiger partial charge in [0.15, 0.2) is 0 Å². The number of hydrogen-bond acceptors (Lipinski definition) is 4. The van der Waals surface area contributed by atoms with Crippen LogP contribution in [-0.4, -0.2) is 44.0 Å². The zero-order valence-corrected chi connectivity index (χ0v) is 11.5. The molecule has 2 atom stereocenters. The topological polar surface area (TPSA) is 70.5 Å². The molecule has 6 heteroatoms. The molecule has 19 heavy (non-hydrogen) atoms. The predicted octanol–water partition coefficient (Wildman–Crippen LogP) is 1.39. The van der Waals surface area contributed by atoms with Crippen molar-refractivity contribution in [3.05, 3.63) is 30.1 Å². The van der Waals surface area contributed by atoms with Crippen molar-refractivity contribution in [1.82, 2.24) is 9.88 Å². The zero-order chi connectivity index (χ0) is 13.8. The highest BCUT2D eigenvalue weighted by Crippen LogP contribution is 2.29. The number of aromatic nitrogens is 1. The van der Waals surface area contributed by atoms with E-state index in [4.69, 9.17) is 5.11 Å². The lowest BCUT2D eigenvalue weighted by molar-refractivity contribution is -0.148. The molecule has 1 amide bonds. The molecule has 2 rings (SSSR count). The number of carbonyl (C=O) groups is 2. The molecule has 102 valence electrons. The average molecular weight is 280 g/mol. The summed E-state index contributed by atoms with van der Waals surface area (Å²) in [5, 5.41) is 9.04. The molecule has 2 unspecified atom stereocenters. The smallest absolute Gasteiger partial charge is 0.327 e. The molecule has 2 heterocycles. The number of carbonyl (C=O) groups excluding carboxylic acids is 1. The fourth-order valence-electron chi connectivity index (χ4n) is 2.12. The van der Waals surface area contributed by atoms with E-state index in [2.05, 4.69) is 4.98 Å². The lowest BCUT2D eigenvalue weighted by Gasteiger charge is -2.24. The third-order valence-electron chi connectivity index (χ3n) is 3.12. The van der Waals surface area contributed by atoms with Crippen molar-refractivity contribution in [2.24, 2.45) is 0 Å². The summed E-state index contributed by atoms with van der Waals surface area (Å²) in [7, 11) is 0. The van der Waals surface area contributed by atoms with Crippen LogP contribution in [0.2, 0.25) is 0 Å². The van der Waals surface area contributed by atoms with E-state index in [1.54, 1.807) is 6.20 Å². The number of carboxylic acid groups (broad SMARTS) is 1. The highest BCUT2D eigenvalue weighted by molar-refractivity contribution is 8.00. The van der Waals surface area contributed by atoms with Gasteiger partial charge in [0.2, 0.25) is 5.91 Å². The minimum Gasteiger partial charge on any atom is -0.480 e. The van der Waals surface area contributed by atoms with Crippen LogP contribution < -0.4 is 0 Å². The van der Waals surface area contributed by atoms with Crippen LogP contribution >= 0.6 is 11.8 Å². The van der Waals surface area contributed by atoms with Crippen LogP contribution in [-0.2, 0) is 16.0 Å². The molecule has 1 aromatic heterocycles. The van der Waals surface area contributed by atoms with Crippen molar-refractivity contribution >= 4 is 23.6 Å². The largest absolute Gasteiger partial charge is 0.480 e. The lowest BCUT2D eigenvalue weighted by Crippen LogP contribution is -2.44. The first-order valence-corrected chi connectivity index (χ1v) is 7.20. The number of pyridine rings is 1. The fraction of sp³-hybridized carbons (Fsp3) is 0.462. The Morgan fingerprint density at radius 2 is 2.32 bits per heavy atom. The average Bonchev–Trinajstić information content (AvgIpc) is 2.79. The van der Waals surface area contributed by atoms with Crippen molar-refractivity contribution in [1.29, 1.82) is 0 Å². The van der Waals surface area contributed by atoms with Gasteiger partial charge in [-0.1, -0.05) is 6.07 Å². The second-order valence-corrected chi connectivity index (χ2v) is 5.76. The van der Waals surface area contributed by atoms with Gasteiger partial charge in [0, 0.05) is 24.1 Å². The third kappa shape index (κ3) is 3.26. The first kappa shape index (κ1) is 13.9. The summed E-state index contributed by atoms with van der Waals surface area (Å²) in [6, 6.07) is 4.87. The Balaban J connectivity index is 1.97. The molecule has 0 aromatic carbocycles. The van der Waals surface area contributed by atoms with E-state index in [0.717, 1.165) is 5.69 Å². The Kier molecular flexibility index (Phi) is 4.42. The van der Waals surface area contributed by atoms with Gasteiger partial charge in [0.05, 0.1) is 5.37 Å². The molecule has 0 bridgehead atoms. The van der Waals surface area contributed by atoms with Crippen LogP contribution in [0, 0.1) is 0 Å². The molecule has 1 saturated heterocycles. The molecule has 1 N–H and O–H groups in total. The van der Waals surface area contributed by atoms with Gasteiger partial charge in [-0.3, -0.25) is 9.78 Å². The molecule has 0 spiro atoms. The fourth-order valence-corrected chi connectivity index (χ4v) is 3.31. The number of nitrogens with zero attached hydrogens (tertiary/aromatic N) is 2. The Bertz CT molecular complexity index is 466. The number of aliphatic carboxylic acids is 1. The van der Waals surface area contributed by atoms with Crippen molar-refractivity contribution in [2.45, 2.75) is 31.2 Å². The summed E-state index contributed by atoms with van der Waals surface area (Å²) in [6.45, 7) is 1.87. The SMILES string of the molecule is CC1SCC(C(=O)O)N1C(=O)CCc1ccccn1. The number of thioether (sulfide) groups is 1. The van der Waals surface area contributed by atoms with Crippen LogP contribution in [0.3, 0.4) is 0 Å². The number of carboxylic acids is 1. The summed E-state index contributed by atoms with van der Waals surface area (Å²) >= 11 is 1.50. The maximum absolute atomic E-state index is 12.2. The van der Waals surface area contributed by atoms with Crippen LogP contribution in [0.15, 0.2) is 24.4 Å². The maximum Gasteiger partial charge on any atom is 0.327 e. The maximum atomic E-state index is 12.2. The first-order chi connectivity index (χ1) is 9.09. The molecular formula is C13H16N2O3S. The van der Waals surface area contributed by atoms with E-state index in [1.807, 2.05) is 25.1 Å². The zero-order valence-electron chi connectivity index (χ0n) is 10.7. The van der Waals surface area contributed by atoms with E-state index in [0.29, 0.717) is 18.6 Å². The summed E-state index contributed by atoms with van der Waals surface area (Å²) in [5.74, 6) is -0.579. The van der Waals surface area contributed by atoms with Crippen LogP contribution in [0.4, 0.5) is 0 Å². The molecule has 1 aromatic rings. The van der Waals surface area contributed by atoms with Crippen molar-refractivity contribution in [2.75, 3.05) is 5.75 Å². The quantitative estimate of drug-likeness (QED) is 0.902. The van der Waals surface area contributed by atoms with E-state index in [-0.39, 0.29) is 11.3 Å². The minimum atomic E-state index is -0.928. The second-order valence-electron chi connectivity index (χ2n) is 4.41. The van der Waals surface area contributed by atoms with Crippen LogP contribution in [0.25, 0.3) is 0 Å². The summed E-state index contributed by atoms with van der Waals surface area (Å²) in [6.07, 6.45) is 2.53. The van der Waals surface area contributed by atoms with Gasteiger partial charge in [-0.15, -0.1) is 11.8 Å². The van der Waals surface area contributed by atoms with Crippen LogP contribution in [0.5, 0.6) is 0 Å². The predicted molar refractivity (Wildman–Crippen MR) is 72.7 cm³/mol. The van der Waals surface area contributed by atoms with E-state index < -0.39 is 12.0 Å². The van der Waals surface area contributed by atoms with E-state index in [1.165, 1.54) is 16.7 Å². The third-order valence-corrected chi connectivity index (χ3v) is 4.33. The molecule has 1 fully saturated rings. The van der Waals surface area contributed by atoms with Gasteiger partial charge in [-0.25, -0.2) is 4.79 Å². The van der Waals surface area contributed by atoms with Gasteiger partial charge in [-0.05, 0) is 25.5 Å². The minimum absolute atomic E-state index is 0.0719. The molecular weight excluding hydrogens is 264 g/mol. The molecule has 0 aliphatic carbocycles. The summed E-state index contributed by atoms with van der Waals surface area (Å²) in [5.41, 5.74) is 0.849.